The molecule has 2 aromatic carbocycles. The highest BCUT2D eigenvalue weighted by molar-refractivity contribution is 5.90. The Labute approximate surface area is 143 Å². The molecular weight excluding hydrogens is 318 g/mol. The lowest BCUT2D eigenvalue weighted by molar-refractivity contribution is 0.0600. The SMILES string of the molecule is COC(=O)c1cccc(-n2cc(C=O)c(-c3ccc(C#N)cc3)n2)c1. The summed E-state index contributed by atoms with van der Waals surface area (Å²) in [4.78, 5) is 23.1. The molecule has 0 amide bonds. The van der Waals surface area contributed by atoms with Gasteiger partial charge in [-0.25, -0.2) is 9.48 Å². The molecule has 6 nitrogen and oxygen atoms in total. The normalized spacial score (nSPS) is 10.1. The van der Waals surface area contributed by atoms with Crippen LogP contribution >= 0.6 is 0 Å². The van der Waals surface area contributed by atoms with E-state index in [1.165, 1.54) is 11.8 Å². The van der Waals surface area contributed by atoms with Gasteiger partial charge in [-0.15, -0.1) is 0 Å². The average Bonchev–Trinajstić information content (AvgIpc) is 3.12. The summed E-state index contributed by atoms with van der Waals surface area (Å²) < 4.78 is 6.25. The molecule has 6 heteroatoms. The van der Waals surface area contributed by atoms with E-state index in [1.807, 2.05) is 6.07 Å². The minimum absolute atomic E-state index is 0.392. The molecule has 1 aromatic heterocycles. The summed E-state index contributed by atoms with van der Waals surface area (Å²) in [5.41, 5.74) is 3.19. The number of aldehydes is 1. The first-order valence-corrected chi connectivity index (χ1v) is 7.40. The minimum Gasteiger partial charge on any atom is -0.465 e. The van der Waals surface area contributed by atoms with Gasteiger partial charge in [0.2, 0.25) is 0 Å². The van der Waals surface area contributed by atoms with Crippen molar-refractivity contribution in [2.45, 2.75) is 0 Å². The summed E-state index contributed by atoms with van der Waals surface area (Å²) in [7, 11) is 1.32. The van der Waals surface area contributed by atoms with E-state index in [9.17, 15) is 9.59 Å². The molecule has 25 heavy (non-hydrogen) atoms. The van der Waals surface area contributed by atoms with Crippen molar-refractivity contribution in [2.75, 3.05) is 7.11 Å². The highest BCUT2D eigenvalue weighted by Crippen LogP contribution is 2.23. The molecule has 0 aliphatic rings. The maximum atomic E-state index is 11.7. The van der Waals surface area contributed by atoms with E-state index < -0.39 is 5.97 Å². The molecule has 122 valence electrons. The van der Waals surface area contributed by atoms with Crippen molar-refractivity contribution in [3.05, 3.63) is 71.4 Å². The zero-order valence-corrected chi connectivity index (χ0v) is 13.3. The third-order valence-corrected chi connectivity index (χ3v) is 3.69. The average molecular weight is 331 g/mol. The van der Waals surface area contributed by atoms with Gasteiger partial charge in [0.05, 0.1) is 35.6 Å². The second-order valence-corrected chi connectivity index (χ2v) is 5.23. The van der Waals surface area contributed by atoms with Gasteiger partial charge in [0.25, 0.3) is 0 Å². The summed E-state index contributed by atoms with van der Waals surface area (Å²) in [6.07, 6.45) is 2.32. The van der Waals surface area contributed by atoms with Crippen LogP contribution in [0.2, 0.25) is 0 Å². The summed E-state index contributed by atoms with van der Waals surface area (Å²) in [6.45, 7) is 0. The van der Waals surface area contributed by atoms with Crippen molar-refractivity contribution in [1.29, 1.82) is 5.26 Å². The van der Waals surface area contributed by atoms with Crippen LogP contribution in [-0.2, 0) is 4.74 Å². The third kappa shape index (κ3) is 3.16. The Bertz CT molecular complexity index is 982. The number of aromatic nitrogens is 2. The summed E-state index contributed by atoms with van der Waals surface area (Å²) >= 11 is 0. The molecule has 1 heterocycles. The number of nitrogens with zero attached hydrogens (tertiary/aromatic N) is 3. The largest absolute Gasteiger partial charge is 0.465 e. The van der Waals surface area contributed by atoms with Crippen LogP contribution in [0.25, 0.3) is 16.9 Å². The molecule has 0 saturated carbocycles. The van der Waals surface area contributed by atoms with Gasteiger partial charge in [-0.3, -0.25) is 4.79 Å². The molecular formula is C19H13N3O3. The highest BCUT2D eigenvalue weighted by atomic mass is 16.5. The van der Waals surface area contributed by atoms with E-state index in [0.29, 0.717) is 28.1 Å². The van der Waals surface area contributed by atoms with Gasteiger partial charge in [0.1, 0.15) is 5.69 Å². The zero-order chi connectivity index (χ0) is 17.8. The van der Waals surface area contributed by atoms with E-state index in [0.717, 1.165) is 11.8 Å². The molecule has 0 bridgehead atoms. The maximum absolute atomic E-state index is 11.7. The number of esters is 1. The van der Waals surface area contributed by atoms with E-state index in [1.54, 1.807) is 54.7 Å². The second-order valence-electron chi connectivity index (χ2n) is 5.23. The lowest BCUT2D eigenvalue weighted by atomic mass is 10.1. The molecule has 0 aliphatic carbocycles. The number of hydrogen-bond donors (Lipinski definition) is 0. The standard InChI is InChI=1S/C19H13N3O3/c1-25-19(24)15-3-2-4-17(9-15)22-11-16(12-23)18(21-22)14-7-5-13(10-20)6-8-14/h2-9,11-12H,1H3. The lowest BCUT2D eigenvalue weighted by Crippen LogP contribution is -2.03. The Balaban J connectivity index is 2.05. The zero-order valence-electron chi connectivity index (χ0n) is 13.3. The van der Waals surface area contributed by atoms with Crippen molar-refractivity contribution in [3.63, 3.8) is 0 Å². The first-order valence-electron chi connectivity index (χ1n) is 7.40. The second kappa shape index (κ2) is 6.81. The van der Waals surface area contributed by atoms with Crippen LogP contribution in [0.3, 0.4) is 0 Å². The van der Waals surface area contributed by atoms with E-state index in [4.69, 9.17) is 10.00 Å². The highest BCUT2D eigenvalue weighted by Gasteiger charge is 2.13. The maximum Gasteiger partial charge on any atom is 0.337 e. The van der Waals surface area contributed by atoms with Crippen LogP contribution in [0.1, 0.15) is 26.3 Å². The number of methoxy groups -OCH3 is 1. The summed E-state index contributed by atoms with van der Waals surface area (Å²) in [5, 5.41) is 13.3. The number of hydrogen-bond acceptors (Lipinski definition) is 5. The Morgan fingerprint density at radius 1 is 1.24 bits per heavy atom. The van der Waals surface area contributed by atoms with Gasteiger partial charge in [-0.1, -0.05) is 18.2 Å². The smallest absolute Gasteiger partial charge is 0.337 e. The fourth-order valence-electron chi connectivity index (χ4n) is 2.43. The fourth-order valence-corrected chi connectivity index (χ4v) is 2.43. The number of rotatable bonds is 4. The summed E-state index contributed by atoms with van der Waals surface area (Å²) in [5.74, 6) is -0.447. The molecule has 3 aromatic rings. The van der Waals surface area contributed by atoms with Gasteiger partial charge < -0.3 is 4.74 Å². The fraction of sp³-hybridized carbons (Fsp3) is 0.0526. The van der Waals surface area contributed by atoms with Crippen LogP contribution in [0.4, 0.5) is 0 Å². The van der Waals surface area contributed by atoms with Crippen molar-refractivity contribution in [2.24, 2.45) is 0 Å². The summed E-state index contributed by atoms with van der Waals surface area (Å²) in [6, 6.07) is 15.6. The van der Waals surface area contributed by atoms with Gasteiger partial charge in [-0.2, -0.15) is 10.4 Å². The van der Waals surface area contributed by atoms with Gasteiger partial charge in [0.15, 0.2) is 6.29 Å². The minimum atomic E-state index is -0.447. The van der Waals surface area contributed by atoms with E-state index in [-0.39, 0.29) is 0 Å². The van der Waals surface area contributed by atoms with Crippen LogP contribution < -0.4 is 0 Å². The molecule has 0 atom stereocenters. The Morgan fingerprint density at radius 3 is 2.64 bits per heavy atom. The molecule has 0 N–H and O–H groups in total. The molecule has 0 aliphatic heterocycles. The topological polar surface area (TPSA) is 85.0 Å². The number of carbonyl (C=O) groups excluding carboxylic acids is 2. The van der Waals surface area contributed by atoms with E-state index >= 15 is 0 Å². The number of carbonyl (C=O) groups is 2. The van der Waals surface area contributed by atoms with Crippen molar-refractivity contribution in [3.8, 4) is 23.0 Å². The van der Waals surface area contributed by atoms with Crippen LogP contribution in [-0.4, -0.2) is 29.1 Å². The van der Waals surface area contributed by atoms with Gasteiger partial charge in [-0.05, 0) is 30.3 Å². The molecule has 0 spiro atoms. The van der Waals surface area contributed by atoms with Crippen molar-refractivity contribution in [1.82, 2.24) is 9.78 Å². The lowest BCUT2D eigenvalue weighted by Gasteiger charge is -2.04. The Kier molecular flexibility index (Phi) is 4.40. The van der Waals surface area contributed by atoms with Gasteiger partial charge >= 0.3 is 5.97 Å². The monoisotopic (exact) mass is 331 g/mol. The quantitative estimate of drug-likeness (QED) is 0.542. The van der Waals surface area contributed by atoms with Crippen LogP contribution in [0.5, 0.6) is 0 Å². The molecule has 0 fully saturated rings. The van der Waals surface area contributed by atoms with E-state index in [2.05, 4.69) is 5.10 Å². The van der Waals surface area contributed by atoms with Crippen molar-refractivity contribution >= 4 is 12.3 Å². The third-order valence-electron chi connectivity index (χ3n) is 3.69. The molecule has 0 radical (unpaired) electrons. The molecule has 0 saturated heterocycles. The molecule has 3 rings (SSSR count). The van der Waals surface area contributed by atoms with Crippen LogP contribution in [0.15, 0.2) is 54.7 Å². The number of benzene rings is 2. The Morgan fingerprint density at radius 2 is 2.00 bits per heavy atom. The van der Waals surface area contributed by atoms with Crippen LogP contribution in [0, 0.1) is 11.3 Å². The predicted molar refractivity (Wildman–Crippen MR) is 90.4 cm³/mol. The van der Waals surface area contributed by atoms with Crippen molar-refractivity contribution < 1.29 is 14.3 Å². The first-order chi connectivity index (χ1) is 12.2. The first kappa shape index (κ1) is 16.1. The number of nitriles is 1. The van der Waals surface area contributed by atoms with Gasteiger partial charge in [0, 0.05) is 11.8 Å². The predicted octanol–water partition coefficient (Wildman–Crippen LogP) is 3.01. The molecule has 0 unspecified atom stereocenters. The Hall–Kier alpha value is -3.72. The number of ether oxygens (including phenoxy) is 1.